The molecule has 0 saturated carbocycles. The molecule has 9 aromatic rings. The fourth-order valence-electron chi connectivity index (χ4n) is 8.67. The molecule has 1 aliphatic rings. The Morgan fingerprint density at radius 3 is 1.53 bits per heavy atom. The molecule has 0 amide bonds. The molecule has 2 atom stereocenters. The number of hydrogen-bond acceptors (Lipinski definition) is 2. The highest BCUT2D eigenvalue weighted by molar-refractivity contribution is 6.25. The third kappa shape index (κ3) is 6.20. The molecule has 8 aromatic carbocycles. The van der Waals surface area contributed by atoms with E-state index in [1.54, 1.807) is 0 Å². The van der Waals surface area contributed by atoms with Crippen LogP contribution in [0.2, 0.25) is 0 Å². The Hall–Kier alpha value is -6.64. The van der Waals surface area contributed by atoms with Crippen LogP contribution >= 0.6 is 0 Å². The van der Waals surface area contributed by atoms with Crippen LogP contribution in [0.3, 0.4) is 0 Å². The normalized spacial score (nSPS) is 15.5. The molecule has 0 N–H and O–H groups in total. The third-order valence-corrected chi connectivity index (χ3v) is 11.5. The van der Waals surface area contributed by atoms with E-state index in [1.165, 1.54) is 61.0 Å². The molecule has 2 nitrogen and oxygen atoms in total. The Kier molecular flexibility index (Phi) is 8.37. The minimum atomic E-state index is 0.515. The Morgan fingerprint density at radius 2 is 0.891 bits per heavy atom. The summed E-state index contributed by atoms with van der Waals surface area (Å²) in [4.78, 5) is 10.3. The zero-order chi connectivity index (χ0) is 36.7. The number of allylic oxidation sites excluding steroid dienone is 2. The minimum Gasteiger partial charge on any atom is -0.228 e. The van der Waals surface area contributed by atoms with Gasteiger partial charge >= 0.3 is 0 Å². The Labute approximate surface area is 322 Å². The van der Waals surface area contributed by atoms with E-state index >= 15 is 0 Å². The van der Waals surface area contributed by atoms with Crippen molar-refractivity contribution in [2.75, 3.05) is 0 Å². The SMILES string of the molecule is CC1C=CCCC1c1cccc(-c2cc(-c3cccc(-c4cccc(-c5ccc6c7ccccc7c7ccccc7c6c5)c4)c3)nc(-c3ccccc3)n2)c1. The van der Waals surface area contributed by atoms with E-state index in [0.717, 1.165) is 45.9 Å². The largest absolute Gasteiger partial charge is 0.228 e. The monoisotopic (exact) mass is 704 g/mol. The van der Waals surface area contributed by atoms with Crippen LogP contribution in [0.15, 0.2) is 188 Å². The zero-order valence-electron chi connectivity index (χ0n) is 30.9. The van der Waals surface area contributed by atoms with E-state index in [0.29, 0.717) is 11.8 Å². The maximum absolute atomic E-state index is 5.18. The van der Waals surface area contributed by atoms with Crippen molar-refractivity contribution in [2.45, 2.75) is 25.7 Å². The van der Waals surface area contributed by atoms with Gasteiger partial charge in [-0.15, -0.1) is 0 Å². The van der Waals surface area contributed by atoms with Gasteiger partial charge in [0.1, 0.15) is 0 Å². The summed E-state index contributed by atoms with van der Waals surface area (Å²) in [6.07, 6.45) is 7.00. The first kappa shape index (κ1) is 33.0. The minimum absolute atomic E-state index is 0.515. The third-order valence-electron chi connectivity index (χ3n) is 11.5. The average molecular weight is 705 g/mol. The molecule has 1 aromatic heterocycles. The molecule has 0 saturated heterocycles. The van der Waals surface area contributed by atoms with Gasteiger partial charge in [0.05, 0.1) is 11.4 Å². The molecule has 262 valence electrons. The smallest absolute Gasteiger partial charge is 0.160 e. The Balaban J connectivity index is 1.05. The molecule has 1 aliphatic carbocycles. The van der Waals surface area contributed by atoms with Gasteiger partial charge in [-0.3, -0.25) is 0 Å². The summed E-state index contributed by atoms with van der Waals surface area (Å²) >= 11 is 0. The summed E-state index contributed by atoms with van der Waals surface area (Å²) in [6.45, 7) is 2.33. The van der Waals surface area contributed by atoms with E-state index in [2.05, 4.69) is 189 Å². The molecule has 10 rings (SSSR count). The van der Waals surface area contributed by atoms with Crippen molar-refractivity contribution in [1.29, 1.82) is 0 Å². The second kappa shape index (κ2) is 14.0. The van der Waals surface area contributed by atoms with E-state index in [1.807, 2.05) is 6.07 Å². The van der Waals surface area contributed by atoms with Crippen molar-refractivity contribution in [1.82, 2.24) is 9.97 Å². The van der Waals surface area contributed by atoms with Crippen LogP contribution < -0.4 is 0 Å². The summed E-state index contributed by atoms with van der Waals surface area (Å²) in [5.41, 5.74) is 11.2. The highest BCUT2D eigenvalue weighted by Crippen LogP contribution is 2.39. The molecule has 1 heterocycles. The average Bonchev–Trinajstić information content (AvgIpc) is 3.27. The first-order valence-corrected chi connectivity index (χ1v) is 19.4. The Morgan fingerprint density at radius 1 is 0.400 bits per heavy atom. The number of rotatable bonds is 6. The molecule has 0 aliphatic heterocycles. The topological polar surface area (TPSA) is 25.8 Å². The van der Waals surface area contributed by atoms with Crippen molar-refractivity contribution >= 4 is 32.3 Å². The fourth-order valence-corrected chi connectivity index (χ4v) is 8.67. The van der Waals surface area contributed by atoms with Crippen LogP contribution in [0, 0.1) is 5.92 Å². The van der Waals surface area contributed by atoms with Crippen LogP contribution in [-0.2, 0) is 0 Å². The molecule has 2 unspecified atom stereocenters. The van der Waals surface area contributed by atoms with Crippen LogP contribution in [0.4, 0.5) is 0 Å². The number of hydrogen-bond donors (Lipinski definition) is 0. The standard InChI is InChI=1S/C53H40N2/c1-35-14-5-6-23-44(35)41-20-13-22-43(32-41)52-34-51(54-53(55-52)36-15-3-2-4-16-36)42-21-12-19-39(31-42)37-17-11-18-38(30-37)40-28-29-49-47-26-8-7-24-45(47)46-25-9-10-27-48(46)50(49)33-40/h2-5,7-22,24-35,44H,6,23H2,1H3. The molecular formula is C53H40N2. The van der Waals surface area contributed by atoms with Crippen molar-refractivity contribution in [3.05, 3.63) is 194 Å². The second-order valence-corrected chi connectivity index (χ2v) is 14.9. The van der Waals surface area contributed by atoms with Gasteiger partial charge in [-0.05, 0) is 115 Å². The van der Waals surface area contributed by atoms with Gasteiger partial charge in [0.25, 0.3) is 0 Å². The number of benzene rings is 8. The Bertz CT molecular complexity index is 2870. The summed E-state index contributed by atoms with van der Waals surface area (Å²) in [7, 11) is 0. The summed E-state index contributed by atoms with van der Waals surface area (Å²) in [5.74, 6) is 1.77. The maximum atomic E-state index is 5.18. The predicted octanol–water partition coefficient (Wildman–Crippen LogP) is 14.3. The number of aromatic nitrogens is 2. The van der Waals surface area contributed by atoms with E-state index < -0.39 is 0 Å². The molecular weight excluding hydrogens is 665 g/mol. The van der Waals surface area contributed by atoms with Crippen molar-refractivity contribution in [2.24, 2.45) is 5.92 Å². The molecule has 55 heavy (non-hydrogen) atoms. The van der Waals surface area contributed by atoms with Gasteiger partial charge in [0.2, 0.25) is 0 Å². The van der Waals surface area contributed by atoms with Crippen LogP contribution in [-0.4, -0.2) is 9.97 Å². The van der Waals surface area contributed by atoms with Crippen LogP contribution in [0.25, 0.3) is 88.5 Å². The summed E-state index contributed by atoms with van der Waals surface area (Å²) in [6, 6.07) is 63.7. The summed E-state index contributed by atoms with van der Waals surface area (Å²) in [5, 5.41) is 7.73. The van der Waals surface area contributed by atoms with E-state index in [9.17, 15) is 0 Å². The lowest BCUT2D eigenvalue weighted by Gasteiger charge is -2.25. The quantitative estimate of drug-likeness (QED) is 0.127. The van der Waals surface area contributed by atoms with Gasteiger partial charge < -0.3 is 0 Å². The fraction of sp³-hybridized carbons (Fsp3) is 0.0943. The highest BCUT2D eigenvalue weighted by atomic mass is 14.9. The molecule has 0 bridgehead atoms. The highest BCUT2D eigenvalue weighted by Gasteiger charge is 2.21. The molecule has 2 heteroatoms. The first-order valence-electron chi connectivity index (χ1n) is 19.4. The van der Waals surface area contributed by atoms with Crippen molar-refractivity contribution in [3.8, 4) is 56.2 Å². The lowest BCUT2D eigenvalue weighted by atomic mass is 9.80. The first-order chi connectivity index (χ1) is 27.2. The van der Waals surface area contributed by atoms with E-state index in [-0.39, 0.29) is 0 Å². The van der Waals surface area contributed by atoms with Gasteiger partial charge in [-0.25, -0.2) is 9.97 Å². The predicted molar refractivity (Wildman–Crippen MR) is 232 cm³/mol. The number of fused-ring (bicyclic) bond motifs is 6. The van der Waals surface area contributed by atoms with Gasteiger partial charge in [-0.2, -0.15) is 0 Å². The van der Waals surface area contributed by atoms with Gasteiger partial charge in [-0.1, -0.05) is 165 Å². The van der Waals surface area contributed by atoms with Crippen molar-refractivity contribution < 1.29 is 0 Å². The van der Waals surface area contributed by atoms with Gasteiger partial charge in [0.15, 0.2) is 5.82 Å². The maximum Gasteiger partial charge on any atom is 0.160 e. The zero-order valence-corrected chi connectivity index (χ0v) is 30.9. The molecule has 0 fully saturated rings. The number of nitrogens with zero attached hydrogens (tertiary/aromatic N) is 2. The lowest BCUT2D eigenvalue weighted by Crippen LogP contribution is -2.11. The van der Waals surface area contributed by atoms with Gasteiger partial charge in [0, 0.05) is 16.7 Å². The van der Waals surface area contributed by atoms with Crippen molar-refractivity contribution in [3.63, 3.8) is 0 Å². The van der Waals surface area contributed by atoms with E-state index in [4.69, 9.17) is 9.97 Å². The lowest BCUT2D eigenvalue weighted by molar-refractivity contribution is 0.492. The van der Waals surface area contributed by atoms with Crippen LogP contribution in [0.1, 0.15) is 31.2 Å². The second-order valence-electron chi connectivity index (χ2n) is 14.9. The molecule has 0 radical (unpaired) electrons. The molecule has 0 spiro atoms. The van der Waals surface area contributed by atoms with Crippen LogP contribution in [0.5, 0.6) is 0 Å². The summed E-state index contributed by atoms with van der Waals surface area (Å²) < 4.78 is 0.